The molecule has 0 unspecified atom stereocenters. The molecule has 0 saturated carbocycles. The first kappa shape index (κ1) is 12.4. The molecule has 1 N–H and O–H groups in total. The van der Waals surface area contributed by atoms with Crippen LogP contribution in [0.4, 0.5) is 6.01 Å². The van der Waals surface area contributed by atoms with Crippen molar-refractivity contribution in [3.63, 3.8) is 0 Å². The van der Waals surface area contributed by atoms with Crippen molar-refractivity contribution in [2.75, 3.05) is 32.2 Å². The Morgan fingerprint density at radius 3 is 3.00 bits per heavy atom. The van der Waals surface area contributed by atoms with E-state index in [4.69, 9.17) is 14.4 Å². The van der Waals surface area contributed by atoms with E-state index in [0.29, 0.717) is 18.4 Å². The van der Waals surface area contributed by atoms with Crippen molar-refractivity contribution >= 4 is 6.01 Å². The molecule has 1 aromatic heterocycles. The zero-order valence-electron chi connectivity index (χ0n) is 10.3. The maximum Gasteiger partial charge on any atom is 0.324 e. The highest BCUT2D eigenvalue weighted by atomic mass is 16.5. The van der Waals surface area contributed by atoms with Crippen molar-refractivity contribution in [2.45, 2.75) is 0 Å². The molecule has 96 valence electrons. The standard InChI is InChI=1S/C12H15N3O3/c1-15(6-7-16)12-13-11(14-18-12)9-4-3-5-10(8-9)17-2/h3-5,8,16H,6-7H2,1-2H3. The maximum absolute atomic E-state index is 8.84. The number of benzene rings is 1. The normalized spacial score (nSPS) is 10.4. The highest BCUT2D eigenvalue weighted by Crippen LogP contribution is 2.22. The van der Waals surface area contributed by atoms with Crippen LogP contribution in [0.25, 0.3) is 11.4 Å². The third kappa shape index (κ3) is 2.60. The lowest BCUT2D eigenvalue weighted by atomic mass is 10.2. The smallest absolute Gasteiger partial charge is 0.324 e. The van der Waals surface area contributed by atoms with Gasteiger partial charge in [0.25, 0.3) is 0 Å². The molecular weight excluding hydrogens is 234 g/mol. The fourth-order valence-corrected chi connectivity index (χ4v) is 1.50. The van der Waals surface area contributed by atoms with Crippen LogP contribution >= 0.6 is 0 Å². The van der Waals surface area contributed by atoms with Gasteiger partial charge in [-0.05, 0) is 12.1 Å². The Kier molecular flexibility index (Phi) is 3.78. The lowest BCUT2D eigenvalue weighted by molar-refractivity contribution is 0.299. The highest BCUT2D eigenvalue weighted by molar-refractivity contribution is 5.58. The molecule has 0 bridgehead atoms. The van der Waals surface area contributed by atoms with Gasteiger partial charge in [0.05, 0.1) is 13.7 Å². The summed E-state index contributed by atoms with van der Waals surface area (Å²) < 4.78 is 10.3. The Hall–Kier alpha value is -2.08. The van der Waals surface area contributed by atoms with Crippen LogP contribution in [0.15, 0.2) is 28.8 Å². The zero-order chi connectivity index (χ0) is 13.0. The summed E-state index contributed by atoms with van der Waals surface area (Å²) in [5.74, 6) is 1.23. The Bertz CT molecular complexity index is 513. The first-order valence-corrected chi connectivity index (χ1v) is 5.54. The summed E-state index contributed by atoms with van der Waals surface area (Å²) in [6, 6.07) is 7.80. The Morgan fingerprint density at radius 1 is 1.44 bits per heavy atom. The molecule has 0 saturated heterocycles. The summed E-state index contributed by atoms with van der Waals surface area (Å²) in [7, 11) is 3.38. The van der Waals surface area contributed by atoms with Gasteiger partial charge in [-0.15, -0.1) is 0 Å². The molecule has 0 aliphatic rings. The molecule has 6 nitrogen and oxygen atoms in total. The molecule has 0 spiro atoms. The van der Waals surface area contributed by atoms with Gasteiger partial charge in [-0.25, -0.2) is 0 Å². The van der Waals surface area contributed by atoms with Gasteiger partial charge in [0.15, 0.2) is 0 Å². The number of hydrogen-bond acceptors (Lipinski definition) is 6. The number of rotatable bonds is 5. The van der Waals surface area contributed by atoms with E-state index in [2.05, 4.69) is 10.1 Å². The number of aliphatic hydroxyl groups excluding tert-OH is 1. The molecule has 0 amide bonds. The van der Waals surface area contributed by atoms with E-state index in [1.807, 2.05) is 24.3 Å². The van der Waals surface area contributed by atoms with Crippen molar-refractivity contribution in [3.05, 3.63) is 24.3 Å². The van der Waals surface area contributed by atoms with Gasteiger partial charge < -0.3 is 19.3 Å². The van der Waals surface area contributed by atoms with E-state index in [0.717, 1.165) is 11.3 Å². The lowest BCUT2D eigenvalue weighted by Crippen LogP contribution is -2.21. The monoisotopic (exact) mass is 249 g/mol. The van der Waals surface area contributed by atoms with Gasteiger partial charge in [-0.1, -0.05) is 17.3 Å². The SMILES string of the molecule is COc1cccc(-c2noc(N(C)CCO)n2)c1. The molecular formula is C12H15N3O3. The van der Waals surface area contributed by atoms with Crippen molar-refractivity contribution in [2.24, 2.45) is 0 Å². The van der Waals surface area contributed by atoms with Crippen molar-refractivity contribution < 1.29 is 14.4 Å². The summed E-state index contributed by atoms with van der Waals surface area (Å²) in [6.07, 6.45) is 0. The van der Waals surface area contributed by atoms with Gasteiger partial charge in [0.1, 0.15) is 5.75 Å². The van der Waals surface area contributed by atoms with Gasteiger partial charge in [0.2, 0.25) is 5.82 Å². The molecule has 6 heteroatoms. The molecule has 0 aliphatic carbocycles. The number of methoxy groups -OCH3 is 1. The quantitative estimate of drug-likeness (QED) is 0.857. The summed E-state index contributed by atoms with van der Waals surface area (Å²) in [5, 5.41) is 12.7. The Morgan fingerprint density at radius 2 is 2.28 bits per heavy atom. The van der Waals surface area contributed by atoms with Gasteiger partial charge in [0, 0.05) is 19.2 Å². The average molecular weight is 249 g/mol. The second kappa shape index (κ2) is 5.50. The third-order valence-electron chi connectivity index (χ3n) is 2.51. The summed E-state index contributed by atoms with van der Waals surface area (Å²) in [5.41, 5.74) is 0.821. The van der Waals surface area contributed by atoms with Crippen LogP contribution in [0.3, 0.4) is 0 Å². The number of nitrogens with zero attached hydrogens (tertiary/aromatic N) is 3. The number of ether oxygens (including phenoxy) is 1. The van der Waals surface area contributed by atoms with Crippen molar-refractivity contribution in [1.29, 1.82) is 0 Å². The molecule has 18 heavy (non-hydrogen) atoms. The van der Waals surface area contributed by atoms with E-state index in [9.17, 15) is 0 Å². The first-order chi connectivity index (χ1) is 8.74. The number of hydrogen-bond donors (Lipinski definition) is 1. The Labute approximate surface area is 105 Å². The summed E-state index contributed by atoms with van der Waals surface area (Å²) in [6.45, 7) is 0.479. The molecule has 1 heterocycles. The van der Waals surface area contributed by atoms with Gasteiger partial charge in [-0.2, -0.15) is 4.98 Å². The summed E-state index contributed by atoms with van der Waals surface area (Å²) in [4.78, 5) is 5.95. The van der Waals surface area contributed by atoms with Crippen LogP contribution in [0, 0.1) is 0 Å². The van der Waals surface area contributed by atoms with E-state index < -0.39 is 0 Å². The molecule has 0 fully saturated rings. The molecule has 0 atom stereocenters. The summed E-state index contributed by atoms with van der Waals surface area (Å²) >= 11 is 0. The number of anilines is 1. The van der Waals surface area contributed by atoms with Gasteiger partial charge >= 0.3 is 6.01 Å². The van der Waals surface area contributed by atoms with Crippen LogP contribution in [0.1, 0.15) is 0 Å². The highest BCUT2D eigenvalue weighted by Gasteiger charge is 2.12. The molecule has 2 aromatic rings. The van der Waals surface area contributed by atoms with E-state index in [-0.39, 0.29) is 6.61 Å². The Balaban J connectivity index is 2.23. The van der Waals surface area contributed by atoms with Gasteiger partial charge in [-0.3, -0.25) is 0 Å². The minimum Gasteiger partial charge on any atom is -0.497 e. The van der Waals surface area contributed by atoms with Crippen LogP contribution in [0.2, 0.25) is 0 Å². The molecule has 0 radical (unpaired) electrons. The minimum atomic E-state index is 0.0351. The molecule has 2 rings (SSSR count). The zero-order valence-corrected chi connectivity index (χ0v) is 10.3. The number of likely N-dealkylation sites (N-methyl/N-ethyl adjacent to an activating group) is 1. The number of aliphatic hydroxyl groups is 1. The fourth-order valence-electron chi connectivity index (χ4n) is 1.50. The van der Waals surface area contributed by atoms with Crippen molar-refractivity contribution in [3.8, 4) is 17.1 Å². The van der Waals surface area contributed by atoms with E-state index >= 15 is 0 Å². The average Bonchev–Trinajstić information content (AvgIpc) is 2.89. The minimum absolute atomic E-state index is 0.0351. The topological polar surface area (TPSA) is 71.6 Å². The molecule has 1 aromatic carbocycles. The second-order valence-corrected chi connectivity index (χ2v) is 3.78. The van der Waals surface area contributed by atoms with E-state index in [1.165, 1.54) is 0 Å². The van der Waals surface area contributed by atoms with E-state index in [1.54, 1.807) is 19.1 Å². The van der Waals surface area contributed by atoms with Crippen LogP contribution in [-0.2, 0) is 0 Å². The van der Waals surface area contributed by atoms with Crippen LogP contribution in [-0.4, -0.2) is 42.6 Å². The first-order valence-electron chi connectivity index (χ1n) is 5.54. The largest absolute Gasteiger partial charge is 0.497 e. The predicted molar refractivity (Wildman–Crippen MR) is 66.6 cm³/mol. The maximum atomic E-state index is 8.84. The third-order valence-corrected chi connectivity index (χ3v) is 2.51. The second-order valence-electron chi connectivity index (χ2n) is 3.78. The fraction of sp³-hybridized carbons (Fsp3) is 0.333. The van der Waals surface area contributed by atoms with Crippen molar-refractivity contribution in [1.82, 2.24) is 10.1 Å². The van der Waals surface area contributed by atoms with Crippen LogP contribution in [0.5, 0.6) is 5.75 Å². The van der Waals surface area contributed by atoms with Crippen LogP contribution < -0.4 is 9.64 Å². The number of aromatic nitrogens is 2. The molecule has 0 aliphatic heterocycles. The lowest BCUT2D eigenvalue weighted by Gasteiger charge is -2.10. The predicted octanol–water partition coefficient (Wildman–Crippen LogP) is 1.17.